The Hall–Kier alpha value is -1.74. The van der Waals surface area contributed by atoms with Gasteiger partial charge in [0, 0.05) is 12.7 Å². The summed E-state index contributed by atoms with van der Waals surface area (Å²) in [5, 5.41) is -0.161. The van der Waals surface area contributed by atoms with Gasteiger partial charge < -0.3 is 4.90 Å². The number of rotatable bonds is 4. The van der Waals surface area contributed by atoms with Crippen LogP contribution in [0.4, 0.5) is 5.69 Å². The van der Waals surface area contributed by atoms with Crippen LogP contribution in [0.25, 0.3) is 0 Å². The number of hydrogen-bond acceptors (Lipinski definition) is 2. The van der Waals surface area contributed by atoms with E-state index in [-0.39, 0.29) is 11.2 Å². The van der Waals surface area contributed by atoms with E-state index < -0.39 is 0 Å². The monoisotopic (exact) mass is 271 g/mol. The van der Waals surface area contributed by atoms with Crippen molar-refractivity contribution in [1.29, 1.82) is 0 Å². The Labute approximate surface area is 118 Å². The van der Waals surface area contributed by atoms with E-state index in [0.717, 1.165) is 11.3 Å². The summed E-state index contributed by atoms with van der Waals surface area (Å²) in [4.78, 5) is 14.3. The van der Waals surface area contributed by atoms with Crippen molar-refractivity contribution in [2.24, 2.45) is 0 Å². The van der Waals surface area contributed by atoms with E-state index in [2.05, 4.69) is 0 Å². The van der Waals surface area contributed by atoms with Gasteiger partial charge in [-0.15, -0.1) is 11.8 Å². The molecule has 1 unspecified atom stereocenters. The highest BCUT2D eigenvalue weighted by Gasteiger charge is 2.23. The highest BCUT2D eigenvalue weighted by atomic mass is 32.2. The van der Waals surface area contributed by atoms with Crippen molar-refractivity contribution in [3.05, 3.63) is 66.2 Å². The number of carbonyl (C=O) groups excluding carboxylic acids is 1. The second kappa shape index (κ2) is 6.43. The summed E-state index contributed by atoms with van der Waals surface area (Å²) < 4.78 is 0. The van der Waals surface area contributed by atoms with Crippen molar-refractivity contribution in [3.8, 4) is 0 Å². The van der Waals surface area contributed by atoms with Crippen LogP contribution in [0.1, 0.15) is 10.8 Å². The van der Waals surface area contributed by atoms with Gasteiger partial charge in [-0.2, -0.15) is 0 Å². The molecule has 98 valence electrons. The number of thioether (sulfide) groups is 1. The zero-order chi connectivity index (χ0) is 13.7. The lowest BCUT2D eigenvalue weighted by Crippen LogP contribution is -2.30. The maximum Gasteiger partial charge on any atom is 0.244 e. The van der Waals surface area contributed by atoms with E-state index in [9.17, 15) is 4.79 Å². The van der Waals surface area contributed by atoms with E-state index >= 15 is 0 Å². The van der Waals surface area contributed by atoms with Crippen LogP contribution in [-0.4, -0.2) is 19.2 Å². The molecule has 19 heavy (non-hydrogen) atoms. The number of amides is 1. The van der Waals surface area contributed by atoms with Crippen LogP contribution < -0.4 is 4.90 Å². The predicted molar refractivity (Wildman–Crippen MR) is 82.6 cm³/mol. The first kappa shape index (κ1) is 13.7. The van der Waals surface area contributed by atoms with E-state index in [1.807, 2.05) is 74.0 Å². The first-order valence-corrected chi connectivity index (χ1v) is 7.43. The molecule has 0 aliphatic rings. The largest absolute Gasteiger partial charge is 0.314 e. The second-order valence-electron chi connectivity index (χ2n) is 4.26. The number of anilines is 1. The predicted octanol–water partition coefficient (Wildman–Crippen LogP) is 3.75. The van der Waals surface area contributed by atoms with E-state index in [1.54, 1.807) is 16.7 Å². The van der Waals surface area contributed by atoms with Gasteiger partial charge in [-0.25, -0.2) is 0 Å². The molecule has 3 heteroatoms. The molecular weight excluding hydrogens is 254 g/mol. The molecular formula is C16H17NOS. The lowest BCUT2D eigenvalue weighted by molar-refractivity contribution is -0.117. The SMILES string of the molecule is CSC(C(=O)N(C)c1ccccc1)c1ccccc1. The Morgan fingerprint density at radius 2 is 1.53 bits per heavy atom. The molecule has 2 rings (SSSR count). The summed E-state index contributed by atoms with van der Waals surface area (Å²) in [7, 11) is 1.82. The van der Waals surface area contributed by atoms with Gasteiger partial charge in [0.25, 0.3) is 0 Å². The van der Waals surface area contributed by atoms with Gasteiger partial charge in [-0.1, -0.05) is 48.5 Å². The number of para-hydroxylation sites is 1. The van der Waals surface area contributed by atoms with Crippen molar-refractivity contribution < 1.29 is 4.79 Å². The molecule has 2 aromatic carbocycles. The lowest BCUT2D eigenvalue weighted by atomic mass is 10.1. The van der Waals surface area contributed by atoms with Gasteiger partial charge in [0.1, 0.15) is 5.25 Å². The van der Waals surface area contributed by atoms with Gasteiger partial charge in [-0.3, -0.25) is 4.79 Å². The van der Waals surface area contributed by atoms with Gasteiger partial charge in [0.05, 0.1) is 0 Å². The minimum Gasteiger partial charge on any atom is -0.314 e. The topological polar surface area (TPSA) is 20.3 Å². The molecule has 0 saturated carbocycles. The van der Waals surface area contributed by atoms with Crippen molar-refractivity contribution in [2.45, 2.75) is 5.25 Å². The fourth-order valence-corrected chi connectivity index (χ4v) is 2.75. The number of nitrogens with zero attached hydrogens (tertiary/aromatic N) is 1. The average Bonchev–Trinajstić information content (AvgIpc) is 2.49. The molecule has 1 atom stereocenters. The molecule has 0 bridgehead atoms. The molecule has 0 aliphatic carbocycles. The molecule has 0 aromatic heterocycles. The Kier molecular flexibility index (Phi) is 4.63. The molecule has 0 heterocycles. The molecule has 0 fully saturated rings. The minimum atomic E-state index is -0.161. The zero-order valence-corrected chi connectivity index (χ0v) is 11.9. The van der Waals surface area contributed by atoms with Crippen LogP contribution in [0.3, 0.4) is 0 Å². The van der Waals surface area contributed by atoms with Crippen LogP contribution in [0, 0.1) is 0 Å². The van der Waals surface area contributed by atoms with Crippen LogP contribution in [0.15, 0.2) is 60.7 Å². The molecule has 2 nitrogen and oxygen atoms in total. The standard InChI is InChI=1S/C16H17NOS/c1-17(14-11-7-4-8-12-14)16(18)15(19-2)13-9-5-3-6-10-13/h3-12,15H,1-2H3. The molecule has 1 amide bonds. The third kappa shape index (κ3) is 3.18. The van der Waals surface area contributed by atoms with Crippen molar-refractivity contribution >= 4 is 23.4 Å². The normalized spacial score (nSPS) is 11.9. The quantitative estimate of drug-likeness (QED) is 0.844. The highest BCUT2D eigenvalue weighted by molar-refractivity contribution is 7.99. The second-order valence-corrected chi connectivity index (χ2v) is 5.20. The maximum atomic E-state index is 12.6. The van der Waals surface area contributed by atoms with Crippen molar-refractivity contribution in [2.75, 3.05) is 18.2 Å². The molecule has 0 aliphatic heterocycles. The van der Waals surface area contributed by atoms with E-state index in [4.69, 9.17) is 0 Å². The fourth-order valence-electron chi connectivity index (χ4n) is 1.96. The lowest BCUT2D eigenvalue weighted by Gasteiger charge is -2.23. The smallest absolute Gasteiger partial charge is 0.244 e. The van der Waals surface area contributed by atoms with E-state index in [0.29, 0.717) is 0 Å². The first-order chi connectivity index (χ1) is 9.24. The van der Waals surface area contributed by atoms with Crippen molar-refractivity contribution in [1.82, 2.24) is 0 Å². The molecule has 0 saturated heterocycles. The highest BCUT2D eigenvalue weighted by Crippen LogP contribution is 2.29. The van der Waals surface area contributed by atoms with Gasteiger partial charge in [-0.05, 0) is 24.0 Å². The molecule has 0 spiro atoms. The zero-order valence-electron chi connectivity index (χ0n) is 11.1. The summed E-state index contributed by atoms with van der Waals surface area (Å²) in [5.41, 5.74) is 1.96. The summed E-state index contributed by atoms with van der Waals surface area (Å²) in [5.74, 6) is 0.102. The van der Waals surface area contributed by atoms with Crippen molar-refractivity contribution in [3.63, 3.8) is 0 Å². The Morgan fingerprint density at radius 1 is 1.00 bits per heavy atom. The number of benzene rings is 2. The summed E-state index contributed by atoms with van der Waals surface area (Å²) in [6.45, 7) is 0. The van der Waals surface area contributed by atoms with Crippen LogP contribution in [0.5, 0.6) is 0 Å². The third-order valence-electron chi connectivity index (χ3n) is 3.04. The van der Waals surface area contributed by atoms with Gasteiger partial charge in [0.15, 0.2) is 0 Å². The Morgan fingerprint density at radius 3 is 2.05 bits per heavy atom. The van der Waals surface area contributed by atoms with E-state index in [1.165, 1.54) is 0 Å². The van der Waals surface area contributed by atoms with Crippen LogP contribution in [-0.2, 0) is 4.79 Å². The number of hydrogen-bond donors (Lipinski definition) is 0. The summed E-state index contributed by atoms with van der Waals surface area (Å²) in [6, 6.07) is 19.6. The molecule has 0 N–H and O–H groups in total. The van der Waals surface area contributed by atoms with Gasteiger partial charge >= 0.3 is 0 Å². The third-order valence-corrected chi connectivity index (χ3v) is 3.98. The number of carbonyl (C=O) groups is 1. The summed E-state index contributed by atoms with van der Waals surface area (Å²) >= 11 is 1.56. The van der Waals surface area contributed by atoms with Crippen LogP contribution >= 0.6 is 11.8 Å². The fraction of sp³-hybridized carbons (Fsp3) is 0.188. The Balaban J connectivity index is 2.22. The first-order valence-electron chi connectivity index (χ1n) is 6.14. The minimum absolute atomic E-state index is 0.102. The number of likely N-dealkylation sites (N-methyl/N-ethyl adjacent to an activating group) is 1. The molecule has 0 radical (unpaired) electrons. The summed E-state index contributed by atoms with van der Waals surface area (Å²) in [6.07, 6.45) is 1.97. The average molecular weight is 271 g/mol. The van der Waals surface area contributed by atoms with Crippen LogP contribution in [0.2, 0.25) is 0 Å². The van der Waals surface area contributed by atoms with Gasteiger partial charge in [0.2, 0.25) is 5.91 Å². The maximum absolute atomic E-state index is 12.6. The molecule has 2 aromatic rings. The Bertz CT molecular complexity index is 527.